The minimum absolute atomic E-state index is 0.148. The molecule has 2 aromatic rings. The van der Waals surface area contributed by atoms with Gasteiger partial charge in [-0.1, -0.05) is 41.4 Å². The second-order valence-corrected chi connectivity index (χ2v) is 8.11. The molecule has 4 rings (SSSR count). The molecule has 0 aromatic heterocycles. The maximum absolute atomic E-state index is 12.9. The summed E-state index contributed by atoms with van der Waals surface area (Å²) in [5.41, 5.74) is 2.00. The van der Waals surface area contributed by atoms with Gasteiger partial charge in [0.15, 0.2) is 0 Å². The summed E-state index contributed by atoms with van der Waals surface area (Å²) in [6.07, 6.45) is 0. The Balaban J connectivity index is 1.97. The number of thioether (sulfide) groups is 1. The number of carbonyl (C=O) groups is 2. The summed E-state index contributed by atoms with van der Waals surface area (Å²) in [6, 6.07) is 12.3. The molecule has 1 spiro atoms. The Morgan fingerprint density at radius 1 is 1.12 bits per heavy atom. The Morgan fingerprint density at radius 2 is 1.79 bits per heavy atom. The Bertz CT molecular complexity index is 868. The van der Waals surface area contributed by atoms with Crippen molar-refractivity contribution in [3.8, 4) is 0 Å². The molecule has 1 saturated heterocycles. The summed E-state index contributed by atoms with van der Waals surface area (Å²) in [7, 11) is 0. The van der Waals surface area contributed by atoms with Crippen LogP contribution in [0.25, 0.3) is 0 Å². The number of nitrogens with one attached hydrogen (secondary N) is 1. The molecule has 4 nitrogen and oxygen atoms in total. The number of carbonyl (C=O) groups excluding carboxylic acids is 2. The molecule has 2 aromatic carbocycles. The van der Waals surface area contributed by atoms with Crippen LogP contribution in [0.15, 0.2) is 42.5 Å². The normalized spacial score (nSPS) is 25.3. The molecule has 0 aliphatic carbocycles. The van der Waals surface area contributed by atoms with Crippen LogP contribution in [-0.4, -0.2) is 17.1 Å². The fourth-order valence-electron chi connectivity index (χ4n) is 3.23. The van der Waals surface area contributed by atoms with Crippen molar-refractivity contribution in [1.82, 2.24) is 0 Å². The first kappa shape index (κ1) is 15.8. The second kappa shape index (κ2) is 5.41. The van der Waals surface area contributed by atoms with E-state index in [9.17, 15) is 9.59 Å². The van der Waals surface area contributed by atoms with Gasteiger partial charge in [-0.15, -0.1) is 11.8 Å². The molecule has 122 valence electrons. The quantitative estimate of drug-likeness (QED) is 0.805. The largest absolute Gasteiger partial charge is 0.323 e. The highest BCUT2D eigenvalue weighted by Gasteiger charge is 2.60. The second-order valence-electron chi connectivity index (χ2n) is 5.71. The molecule has 7 heteroatoms. The highest BCUT2D eigenvalue weighted by molar-refractivity contribution is 8.03. The third kappa shape index (κ3) is 2.08. The average Bonchev–Trinajstić information content (AvgIpc) is 2.94. The molecule has 2 aliphatic rings. The molecule has 1 fully saturated rings. The molecular formula is C17H12Cl2N2O2S. The van der Waals surface area contributed by atoms with E-state index in [0.29, 0.717) is 15.7 Å². The number of halogens is 2. The van der Waals surface area contributed by atoms with Crippen molar-refractivity contribution in [1.29, 1.82) is 0 Å². The number of anilines is 2. The van der Waals surface area contributed by atoms with Crippen LogP contribution in [-0.2, 0) is 14.5 Å². The van der Waals surface area contributed by atoms with Crippen LogP contribution >= 0.6 is 35.0 Å². The highest BCUT2D eigenvalue weighted by atomic mass is 35.5. The van der Waals surface area contributed by atoms with Gasteiger partial charge in [0.25, 0.3) is 5.91 Å². The number of para-hydroxylation sites is 1. The zero-order valence-electron chi connectivity index (χ0n) is 12.5. The van der Waals surface area contributed by atoms with Gasteiger partial charge in [-0.05, 0) is 31.2 Å². The molecule has 2 heterocycles. The topological polar surface area (TPSA) is 49.4 Å². The number of hydrogen-bond acceptors (Lipinski definition) is 3. The minimum atomic E-state index is -1.14. The maximum atomic E-state index is 12.9. The van der Waals surface area contributed by atoms with Gasteiger partial charge in [-0.3, -0.25) is 14.5 Å². The van der Waals surface area contributed by atoms with Crippen LogP contribution in [0.5, 0.6) is 0 Å². The monoisotopic (exact) mass is 378 g/mol. The van der Waals surface area contributed by atoms with E-state index in [1.54, 1.807) is 25.1 Å². The summed E-state index contributed by atoms with van der Waals surface area (Å²) in [5, 5.41) is 3.35. The minimum Gasteiger partial charge on any atom is -0.323 e. The van der Waals surface area contributed by atoms with Crippen LogP contribution in [0.4, 0.5) is 11.4 Å². The lowest BCUT2D eigenvalue weighted by Gasteiger charge is -2.32. The predicted octanol–water partition coefficient (Wildman–Crippen LogP) is 4.27. The third-order valence-electron chi connectivity index (χ3n) is 4.18. The number of fused-ring (bicyclic) bond motifs is 2. The first-order valence-corrected chi connectivity index (χ1v) is 8.96. The van der Waals surface area contributed by atoms with E-state index in [-0.39, 0.29) is 17.1 Å². The first-order chi connectivity index (χ1) is 11.4. The Labute approximate surface area is 153 Å². The molecule has 0 unspecified atom stereocenters. The first-order valence-electron chi connectivity index (χ1n) is 7.32. The molecule has 0 saturated carbocycles. The van der Waals surface area contributed by atoms with Gasteiger partial charge >= 0.3 is 0 Å². The zero-order valence-corrected chi connectivity index (χ0v) is 14.9. The summed E-state index contributed by atoms with van der Waals surface area (Å²) in [5.74, 6) is -0.382. The van der Waals surface area contributed by atoms with E-state index >= 15 is 0 Å². The van der Waals surface area contributed by atoms with Crippen LogP contribution in [0, 0.1) is 0 Å². The van der Waals surface area contributed by atoms with E-state index in [0.717, 1.165) is 11.3 Å². The predicted molar refractivity (Wildman–Crippen MR) is 97.8 cm³/mol. The number of benzene rings is 2. The summed E-state index contributed by atoms with van der Waals surface area (Å²) >= 11 is 13.6. The van der Waals surface area contributed by atoms with Crippen molar-refractivity contribution in [2.75, 3.05) is 10.2 Å². The SMILES string of the molecule is C[C@@H]1S[C@]2(C(=O)Nc3ccccc32)N(c2cc(Cl)cc(Cl)c2)C1=O. The highest BCUT2D eigenvalue weighted by Crippen LogP contribution is 2.56. The van der Waals surface area contributed by atoms with E-state index < -0.39 is 4.87 Å². The lowest BCUT2D eigenvalue weighted by molar-refractivity contribution is -0.122. The van der Waals surface area contributed by atoms with Gasteiger partial charge in [0, 0.05) is 27.0 Å². The van der Waals surface area contributed by atoms with E-state index in [2.05, 4.69) is 5.32 Å². The van der Waals surface area contributed by atoms with Gasteiger partial charge in [0.2, 0.25) is 10.8 Å². The molecule has 2 amide bonds. The van der Waals surface area contributed by atoms with Crippen molar-refractivity contribution in [2.24, 2.45) is 0 Å². The van der Waals surface area contributed by atoms with E-state index in [4.69, 9.17) is 23.2 Å². The Hall–Kier alpha value is -1.69. The lowest BCUT2D eigenvalue weighted by atomic mass is 10.0. The van der Waals surface area contributed by atoms with Crippen LogP contribution in [0.1, 0.15) is 12.5 Å². The summed E-state index contributed by atoms with van der Waals surface area (Å²) < 4.78 is 0. The zero-order chi connectivity index (χ0) is 17.1. The molecule has 0 bridgehead atoms. The van der Waals surface area contributed by atoms with Crippen molar-refractivity contribution < 1.29 is 9.59 Å². The van der Waals surface area contributed by atoms with E-state index in [1.807, 2.05) is 24.3 Å². The van der Waals surface area contributed by atoms with Crippen molar-refractivity contribution >= 4 is 58.2 Å². The van der Waals surface area contributed by atoms with Gasteiger partial charge in [-0.25, -0.2) is 0 Å². The Morgan fingerprint density at radius 3 is 2.50 bits per heavy atom. The smallest absolute Gasteiger partial charge is 0.266 e. The van der Waals surface area contributed by atoms with Crippen molar-refractivity contribution in [2.45, 2.75) is 17.0 Å². The third-order valence-corrected chi connectivity index (χ3v) is 6.10. The summed E-state index contributed by atoms with van der Waals surface area (Å²) in [6.45, 7) is 1.80. The number of amides is 2. The van der Waals surface area contributed by atoms with Gasteiger partial charge in [-0.2, -0.15) is 0 Å². The van der Waals surface area contributed by atoms with Gasteiger partial charge in [0.1, 0.15) is 0 Å². The van der Waals surface area contributed by atoms with Crippen LogP contribution < -0.4 is 10.2 Å². The number of rotatable bonds is 1. The maximum Gasteiger partial charge on any atom is 0.266 e. The number of hydrogen-bond donors (Lipinski definition) is 1. The molecule has 2 atom stereocenters. The average molecular weight is 379 g/mol. The van der Waals surface area contributed by atoms with Crippen molar-refractivity contribution in [3.63, 3.8) is 0 Å². The fourth-order valence-corrected chi connectivity index (χ4v) is 5.23. The molecule has 24 heavy (non-hydrogen) atoms. The van der Waals surface area contributed by atoms with E-state index in [1.165, 1.54) is 16.7 Å². The van der Waals surface area contributed by atoms with Crippen LogP contribution in [0.3, 0.4) is 0 Å². The Kier molecular flexibility index (Phi) is 3.56. The summed E-state index contributed by atoms with van der Waals surface area (Å²) in [4.78, 5) is 26.2. The van der Waals surface area contributed by atoms with Gasteiger partial charge < -0.3 is 5.32 Å². The fraction of sp³-hybridized carbons (Fsp3) is 0.176. The standard InChI is InChI=1S/C17H12Cl2N2O2S/c1-9-15(22)21(12-7-10(18)6-11(19)8-12)17(24-9)13-4-2-3-5-14(13)20-16(17)23/h2-9H,1H3,(H,20,23)/t9-,17+/m0/s1. The molecule has 0 radical (unpaired) electrons. The molecule has 2 aliphatic heterocycles. The van der Waals surface area contributed by atoms with Gasteiger partial charge in [0.05, 0.1) is 5.25 Å². The molecular weight excluding hydrogens is 367 g/mol. The number of nitrogens with zero attached hydrogens (tertiary/aromatic N) is 1. The lowest BCUT2D eigenvalue weighted by Crippen LogP contribution is -2.47. The van der Waals surface area contributed by atoms with Crippen molar-refractivity contribution in [3.05, 3.63) is 58.1 Å². The van der Waals surface area contributed by atoms with Crippen LogP contribution in [0.2, 0.25) is 10.0 Å². The molecule has 1 N–H and O–H groups in total.